The number of carbonyl (C=O) groups excluding carboxylic acids is 1. The number of hydrogen-bond acceptors (Lipinski definition) is 6. The average Bonchev–Trinajstić information content (AvgIpc) is 3.20. The molecule has 3 aromatic rings. The van der Waals surface area contributed by atoms with E-state index in [4.69, 9.17) is 4.74 Å². The lowest BCUT2D eigenvalue weighted by atomic mass is 10.0. The molecular weight excluding hydrogens is 320 g/mol. The first kappa shape index (κ1) is 16.7. The van der Waals surface area contributed by atoms with Crippen LogP contribution in [0, 0.1) is 0 Å². The van der Waals surface area contributed by atoms with Crippen molar-refractivity contribution in [1.82, 2.24) is 30.5 Å². The van der Waals surface area contributed by atoms with Crippen LogP contribution in [0.15, 0.2) is 48.7 Å². The molecule has 1 aromatic carbocycles. The molecule has 2 heterocycles. The van der Waals surface area contributed by atoms with Gasteiger partial charge in [0.05, 0.1) is 23.9 Å². The van der Waals surface area contributed by atoms with Crippen molar-refractivity contribution in [2.75, 3.05) is 20.8 Å². The van der Waals surface area contributed by atoms with Gasteiger partial charge in [0.2, 0.25) is 5.82 Å². The smallest absolute Gasteiger partial charge is 0.254 e. The number of ether oxygens (including phenoxy) is 1. The second-order valence-corrected chi connectivity index (χ2v) is 5.42. The number of tetrazole rings is 1. The number of pyridine rings is 1. The summed E-state index contributed by atoms with van der Waals surface area (Å²) < 4.78 is 5.29. The molecule has 0 saturated carbocycles. The summed E-state index contributed by atoms with van der Waals surface area (Å²) >= 11 is 0. The molecule has 0 spiro atoms. The number of methoxy groups -OCH3 is 1. The van der Waals surface area contributed by atoms with E-state index in [0.29, 0.717) is 23.6 Å². The molecule has 3 rings (SSSR count). The number of aromatic amines is 1. The molecule has 0 bridgehead atoms. The van der Waals surface area contributed by atoms with Gasteiger partial charge in [0.15, 0.2) is 0 Å². The van der Waals surface area contributed by atoms with Gasteiger partial charge in [-0.3, -0.25) is 9.78 Å². The fraction of sp³-hybridized carbons (Fsp3) is 0.235. The quantitative estimate of drug-likeness (QED) is 0.735. The van der Waals surface area contributed by atoms with E-state index in [-0.39, 0.29) is 11.9 Å². The predicted octanol–water partition coefficient (Wildman–Crippen LogP) is 1.72. The molecule has 0 aliphatic heterocycles. The van der Waals surface area contributed by atoms with Crippen molar-refractivity contribution in [3.63, 3.8) is 0 Å². The Morgan fingerprint density at radius 1 is 1.24 bits per heavy atom. The highest BCUT2D eigenvalue weighted by atomic mass is 16.5. The highest BCUT2D eigenvalue weighted by Crippen LogP contribution is 2.24. The second-order valence-electron chi connectivity index (χ2n) is 5.42. The monoisotopic (exact) mass is 338 g/mol. The maximum atomic E-state index is 13.1. The summed E-state index contributed by atoms with van der Waals surface area (Å²) in [6.45, 7) is 0.337. The van der Waals surface area contributed by atoms with Crippen molar-refractivity contribution in [2.45, 2.75) is 6.04 Å². The molecular formula is C17H18N6O2. The van der Waals surface area contributed by atoms with E-state index in [2.05, 4.69) is 25.6 Å². The Bertz CT molecular complexity index is 822. The standard InChI is InChI=1S/C17H18N6O2/c1-23(15(11-25-2)14-9-5-6-10-18-14)17(24)13-8-4-3-7-12(13)16-19-21-22-20-16/h3-10,15H,11H2,1-2H3,(H,19,20,21,22). The summed E-state index contributed by atoms with van der Waals surface area (Å²) in [5.41, 5.74) is 1.87. The number of benzene rings is 1. The normalized spacial score (nSPS) is 11.9. The number of nitrogens with one attached hydrogen (secondary N) is 1. The van der Waals surface area contributed by atoms with E-state index in [1.165, 1.54) is 0 Å². The molecule has 0 saturated heterocycles. The minimum absolute atomic E-state index is 0.173. The van der Waals surface area contributed by atoms with Crippen molar-refractivity contribution in [3.8, 4) is 11.4 Å². The maximum absolute atomic E-state index is 13.1. The third-order valence-electron chi connectivity index (χ3n) is 3.89. The van der Waals surface area contributed by atoms with Crippen molar-refractivity contribution >= 4 is 5.91 Å². The van der Waals surface area contributed by atoms with Crippen LogP contribution in [0.3, 0.4) is 0 Å². The number of aromatic nitrogens is 5. The highest BCUT2D eigenvalue weighted by molar-refractivity contribution is 6.00. The van der Waals surface area contributed by atoms with Crippen LogP contribution in [0.4, 0.5) is 0 Å². The van der Waals surface area contributed by atoms with E-state index < -0.39 is 0 Å². The molecule has 0 aliphatic carbocycles. The van der Waals surface area contributed by atoms with Gasteiger partial charge in [-0.15, -0.1) is 10.2 Å². The van der Waals surface area contributed by atoms with Gasteiger partial charge in [0.1, 0.15) is 0 Å². The molecule has 1 N–H and O–H groups in total. The van der Waals surface area contributed by atoms with Crippen LogP contribution in [-0.4, -0.2) is 57.2 Å². The van der Waals surface area contributed by atoms with E-state index in [1.54, 1.807) is 43.5 Å². The minimum atomic E-state index is -0.308. The lowest BCUT2D eigenvalue weighted by Crippen LogP contribution is -2.34. The van der Waals surface area contributed by atoms with Crippen LogP contribution in [-0.2, 0) is 4.74 Å². The molecule has 0 radical (unpaired) electrons. The molecule has 1 amide bonds. The van der Waals surface area contributed by atoms with Gasteiger partial charge in [-0.2, -0.15) is 5.21 Å². The number of hydrogen-bond donors (Lipinski definition) is 1. The first-order chi connectivity index (χ1) is 12.2. The van der Waals surface area contributed by atoms with Crippen LogP contribution in [0.5, 0.6) is 0 Å². The zero-order valence-electron chi connectivity index (χ0n) is 14.0. The molecule has 0 aliphatic rings. The van der Waals surface area contributed by atoms with E-state index >= 15 is 0 Å². The summed E-state index contributed by atoms with van der Waals surface area (Å²) in [4.78, 5) is 19.1. The lowest BCUT2D eigenvalue weighted by Gasteiger charge is -2.27. The first-order valence-electron chi connectivity index (χ1n) is 7.72. The van der Waals surface area contributed by atoms with Crippen LogP contribution >= 0.6 is 0 Å². The Hall–Kier alpha value is -3.13. The van der Waals surface area contributed by atoms with E-state index in [0.717, 1.165) is 5.69 Å². The largest absolute Gasteiger partial charge is 0.382 e. The Morgan fingerprint density at radius 2 is 2.04 bits per heavy atom. The summed E-state index contributed by atoms with van der Waals surface area (Å²) in [6, 6.07) is 12.4. The van der Waals surface area contributed by atoms with Gasteiger partial charge < -0.3 is 9.64 Å². The summed E-state index contributed by atoms with van der Waals surface area (Å²) in [5.74, 6) is 0.201. The molecule has 8 nitrogen and oxygen atoms in total. The Kier molecular flexibility index (Phi) is 5.10. The Labute approximate surface area is 144 Å². The third kappa shape index (κ3) is 3.53. The molecule has 1 atom stereocenters. The zero-order valence-corrected chi connectivity index (χ0v) is 14.0. The predicted molar refractivity (Wildman–Crippen MR) is 90.6 cm³/mol. The number of rotatable bonds is 6. The van der Waals surface area contributed by atoms with Crippen LogP contribution in [0.25, 0.3) is 11.4 Å². The van der Waals surface area contributed by atoms with Crippen molar-refractivity contribution < 1.29 is 9.53 Å². The molecule has 0 fully saturated rings. The average molecular weight is 338 g/mol. The molecule has 8 heteroatoms. The van der Waals surface area contributed by atoms with Crippen molar-refractivity contribution in [3.05, 3.63) is 59.9 Å². The Balaban J connectivity index is 1.94. The van der Waals surface area contributed by atoms with E-state index in [1.807, 2.05) is 24.3 Å². The second kappa shape index (κ2) is 7.63. The van der Waals surface area contributed by atoms with Crippen molar-refractivity contribution in [1.29, 1.82) is 0 Å². The summed E-state index contributed by atoms with van der Waals surface area (Å²) in [6.07, 6.45) is 1.70. The molecule has 1 unspecified atom stereocenters. The number of carbonyl (C=O) groups is 1. The molecule has 2 aromatic heterocycles. The van der Waals surface area contributed by atoms with Gasteiger partial charge >= 0.3 is 0 Å². The van der Waals surface area contributed by atoms with Gasteiger partial charge in [0, 0.05) is 25.9 Å². The lowest BCUT2D eigenvalue weighted by molar-refractivity contribution is 0.0595. The van der Waals surface area contributed by atoms with Gasteiger partial charge in [-0.05, 0) is 23.4 Å². The first-order valence-corrected chi connectivity index (χ1v) is 7.72. The van der Waals surface area contributed by atoms with Gasteiger partial charge in [-0.25, -0.2) is 0 Å². The maximum Gasteiger partial charge on any atom is 0.254 e. The minimum Gasteiger partial charge on any atom is -0.382 e. The fourth-order valence-corrected chi connectivity index (χ4v) is 2.60. The highest BCUT2D eigenvalue weighted by Gasteiger charge is 2.26. The van der Waals surface area contributed by atoms with Crippen LogP contribution < -0.4 is 0 Å². The van der Waals surface area contributed by atoms with Crippen LogP contribution in [0.2, 0.25) is 0 Å². The third-order valence-corrected chi connectivity index (χ3v) is 3.89. The number of nitrogens with zero attached hydrogens (tertiary/aromatic N) is 5. The van der Waals surface area contributed by atoms with E-state index in [9.17, 15) is 4.79 Å². The zero-order chi connectivity index (χ0) is 17.6. The fourth-order valence-electron chi connectivity index (χ4n) is 2.60. The van der Waals surface area contributed by atoms with Gasteiger partial charge in [0.25, 0.3) is 5.91 Å². The SMILES string of the molecule is COCC(c1ccccn1)N(C)C(=O)c1ccccc1-c1nn[nH]n1. The topological polar surface area (TPSA) is 96.9 Å². The summed E-state index contributed by atoms with van der Waals surface area (Å²) in [5, 5.41) is 13.9. The molecule has 25 heavy (non-hydrogen) atoms. The number of H-pyrrole nitrogens is 1. The summed E-state index contributed by atoms with van der Waals surface area (Å²) in [7, 11) is 3.33. The number of likely N-dealkylation sites (N-methyl/N-ethyl adjacent to an activating group) is 1. The van der Waals surface area contributed by atoms with Gasteiger partial charge in [-0.1, -0.05) is 24.3 Å². The van der Waals surface area contributed by atoms with Crippen molar-refractivity contribution in [2.24, 2.45) is 0 Å². The van der Waals surface area contributed by atoms with Crippen LogP contribution in [0.1, 0.15) is 22.1 Å². The number of amides is 1. The molecule has 128 valence electrons. The Morgan fingerprint density at radius 3 is 2.72 bits per heavy atom.